The van der Waals surface area contributed by atoms with E-state index in [9.17, 15) is 0 Å². The molecule has 1 heterocycles. The summed E-state index contributed by atoms with van der Waals surface area (Å²) in [4.78, 5) is 2.11. The predicted octanol–water partition coefficient (Wildman–Crippen LogP) is 1.62. The lowest BCUT2D eigenvalue weighted by Crippen LogP contribution is -2.19. The lowest BCUT2D eigenvalue weighted by molar-refractivity contribution is 0.325. The zero-order chi connectivity index (χ0) is 14.7. The van der Waals surface area contributed by atoms with Crippen LogP contribution in [0.2, 0.25) is 0 Å². The van der Waals surface area contributed by atoms with Crippen LogP contribution in [0.25, 0.3) is 10.9 Å². The van der Waals surface area contributed by atoms with Gasteiger partial charge in [0.15, 0.2) is 11.5 Å². The molecule has 0 atom stereocenters. The third-order valence-electron chi connectivity index (χ3n) is 3.19. The molecular weight excluding hydrogens is 258 g/mol. The van der Waals surface area contributed by atoms with Gasteiger partial charge in [-0.1, -0.05) is 0 Å². The van der Waals surface area contributed by atoms with Crippen LogP contribution in [-0.4, -0.2) is 56.6 Å². The molecule has 0 N–H and O–H groups in total. The van der Waals surface area contributed by atoms with Gasteiger partial charge in [-0.2, -0.15) is 5.10 Å². The van der Waals surface area contributed by atoms with Gasteiger partial charge in [-0.15, -0.1) is 0 Å². The summed E-state index contributed by atoms with van der Waals surface area (Å²) in [7, 11) is 8.91. The molecule has 2 aromatic rings. The molecule has 0 fully saturated rings. The van der Waals surface area contributed by atoms with E-state index in [2.05, 4.69) is 10.00 Å². The molecule has 0 unspecified atom stereocenters. The molecule has 0 aliphatic rings. The summed E-state index contributed by atoms with van der Waals surface area (Å²) in [6, 6.07) is 1.91. The zero-order valence-corrected chi connectivity index (χ0v) is 12.6. The number of methoxy groups -OCH3 is 3. The van der Waals surface area contributed by atoms with Crippen molar-refractivity contribution in [2.45, 2.75) is 6.54 Å². The van der Waals surface area contributed by atoms with Gasteiger partial charge in [0.1, 0.15) is 5.52 Å². The van der Waals surface area contributed by atoms with Gasteiger partial charge in [0.25, 0.3) is 0 Å². The van der Waals surface area contributed by atoms with Crippen molar-refractivity contribution in [3.05, 3.63) is 12.3 Å². The molecule has 0 radical (unpaired) electrons. The molecule has 6 heteroatoms. The maximum absolute atomic E-state index is 5.52. The van der Waals surface area contributed by atoms with Gasteiger partial charge in [-0.05, 0) is 20.2 Å². The van der Waals surface area contributed by atoms with Crippen LogP contribution in [0.15, 0.2) is 12.3 Å². The monoisotopic (exact) mass is 279 g/mol. The first-order valence-electron chi connectivity index (χ1n) is 6.41. The van der Waals surface area contributed by atoms with E-state index in [0.29, 0.717) is 17.2 Å². The van der Waals surface area contributed by atoms with E-state index < -0.39 is 0 Å². The first-order chi connectivity index (χ1) is 9.62. The number of rotatable bonds is 6. The Kier molecular flexibility index (Phi) is 4.34. The summed E-state index contributed by atoms with van der Waals surface area (Å²) in [6.45, 7) is 1.68. The molecule has 110 valence electrons. The lowest BCUT2D eigenvalue weighted by atomic mass is 10.2. The average Bonchev–Trinajstić information content (AvgIpc) is 2.85. The third kappa shape index (κ3) is 2.51. The Bertz CT molecular complexity index is 593. The molecule has 0 saturated heterocycles. The summed E-state index contributed by atoms with van der Waals surface area (Å²) in [5.41, 5.74) is 0.923. The summed E-state index contributed by atoms with van der Waals surface area (Å²) < 4.78 is 18.2. The van der Waals surface area contributed by atoms with Crippen LogP contribution in [0.1, 0.15) is 0 Å². The minimum Gasteiger partial charge on any atom is -0.493 e. The van der Waals surface area contributed by atoms with E-state index in [4.69, 9.17) is 14.2 Å². The molecule has 0 bridgehead atoms. The number of hydrogen-bond acceptors (Lipinski definition) is 5. The van der Waals surface area contributed by atoms with Gasteiger partial charge in [0, 0.05) is 11.9 Å². The molecule has 0 aliphatic heterocycles. The Hall–Kier alpha value is -1.95. The van der Waals surface area contributed by atoms with Crippen molar-refractivity contribution in [3.63, 3.8) is 0 Å². The number of likely N-dealkylation sites (N-methyl/N-ethyl adjacent to an activating group) is 1. The highest BCUT2D eigenvalue weighted by atomic mass is 16.5. The minimum absolute atomic E-state index is 0.592. The molecule has 0 amide bonds. The molecule has 1 aromatic heterocycles. The number of fused-ring (bicyclic) bond motifs is 1. The SMILES string of the molecule is COc1cc2cnn(CCN(C)C)c2c(OC)c1OC. The van der Waals surface area contributed by atoms with Crippen molar-refractivity contribution in [1.29, 1.82) is 0 Å². The van der Waals surface area contributed by atoms with E-state index in [-0.39, 0.29) is 0 Å². The van der Waals surface area contributed by atoms with E-state index in [0.717, 1.165) is 24.0 Å². The second kappa shape index (κ2) is 6.00. The highest BCUT2D eigenvalue weighted by molar-refractivity contribution is 5.90. The van der Waals surface area contributed by atoms with E-state index in [1.54, 1.807) is 21.3 Å². The van der Waals surface area contributed by atoms with Crippen molar-refractivity contribution in [2.75, 3.05) is 42.0 Å². The van der Waals surface area contributed by atoms with Crippen molar-refractivity contribution in [1.82, 2.24) is 14.7 Å². The van der Waals surface area contributed by atoms with Crippen LogP contribution in [-0.2, 0) is 6.54 Å². The first-order valence-corrected chi connectivity index (χ1v) is 6.41. The van der Waals surface area contributed by atoms with E-state index in [1.807, 2.05) is 31.0 Å². The summed E-state index contributed by atoms with van der Waals surface area (Å²) >= 11 is 0. The Balaban J connectivity index is 2.57. The molecule has 0 spiro atoms. The van der Waals surface area contributed by atoms with Crippen molar-refractivity contribution < 1.29 is 14.2 Å². The molecule has 0 aliphatic carbocycles. The Morgan fingerprint density at radius 1 is 1.10 bits per heavy atom. The number of benzene rings is 1. The van der Waals surface area contributed by atoms with Crippen LogP contribution in [0, 0.1) is 0 Å². The fraction of sp³-hybridized carbons (Fsp3) is 0.500. The lowest BCUT2D eigenvalue weighted by Gasteiger charge is -2.15. The smallest absolute Gasteiger partial charge is 0.205 e. The maximum atomic E-state index is 5.52. The molecule has 6 nitrogen and oxygen atoms in total. The van der Waals surface area contributed by atoms with Gasteiger partial charge < -0.3 is 19.1 Å². The van der Waals surface area contributed by atoms with E-state index in [1.165, 1.54) is 0 Å². The average molecular weight is 279 g/mol. The minimum atomic E-state index is 0.592. The highest BCUT2D eigenvalue weighted by Gasteiger charge is 2.19. The number of aromatic nitrogens is 2. The fourth-order valence-corrected chi connectivity index (χ4v) is 2.18. The van der Waals surface area contributed by atoms with Crippen LogP contribution >= 0.6 is 0 Å². The van der Waals surface area contributed by atoms with Crippen LogP contribution in [0.5, 0.6) is 17.2 Å². The fourth-order valence-electron chi connectivity index (χ4n) is 2.18. The number of ether oxygens (including phenoxy) is 3. The zero-order valence-electron chi connectivity index (χ0n) is 12.6. The van der Waals surface area contributed by atoms with Crippen molar-refractivity contribution in [2.24, 2.45) is 0 Å². The van der Waals surface area contributed by atoms with Crippen molar-refractivity contribution >= 4 is 10.9 Å². The summed E-state index contributed by atoms with van der Waals surface area (Å²) in [5.74, 6) is 1.89. The van der Waals surface area contributed by atoms with Crippen molar-refractivity contribution in [3.8, 4) is 17.2 Å². The second-order valence-corrected chi connectivity index (χ2v) is 4.75. The largest absolute Gasteiger partial charge is 0.493 e. The molecule has 1 aromatic carbocycles. The predicted molar refractivity (Wildman–Crippen MR) is 77.9 cm³/mol. The Morgan fingerprint density at radius 3 is 2.35 bits per heavy atom. The third-order valence-corrected chi connectivity index (χ3v) is 3.19. The van der Waals surface area contributed by atoms with Gasteiger partial charge in [0.2, 0.25) is 5.75 Å². The molecule has 20 heavy (non-hydrogen) atoms. The quantitative estimate of drug-likeness (QED) is 0.804. The second-order valence-electron chi connectivity index (χ2n) is 4.75. The molecule has 0 saturated carbocycles. The molecular formula is C14H21N3O3. The van der Waals surface area contributed by atoms with Gasteiger partial charge in [-0.25, -0.2) is 0 Å². The maximum Gasteiger partial charge on any atom is 0.205 e. The van der Waals surface area contributed by atoms with Gasteiger partial charge in [-0.3, -0.25) is 4.68 Å². The van der Waals surface area contributed by atoms with Crippen LogP contribution in [0.4, 0.5) is 0 Å². The standard InChI is InChI=1S/C14H21N3O3/c1-16(2)6-7-17-12-10(9-15-17)8-11(18-3)13(19-4)14(12)20-5/h8-9H,6-7H2,1-5H3. The Morgan fingerprint density at radius 2 is 1.80 bits per heavy atom. The normalized spacial score (nSPS) is 11.1. The number of nitrogens with zero attached hydrogens (tertiary/aromatic N) is 3. The highest BCUT2D eigenvalue weighted by Crippen LogP contribution is 2.43. The summed E-state index contributed by atoms with van der Waals surface area (Å²) in [6.07, 6.45) is 1.81. The Labute approximate surface area is 118 Å². The van der Waals surface area contributed by atoms with Crippen LogP contribution < -0.4 is 14.2 Å². The van der Waals surface area contributed by atoms with E-state index >= 15 is 0 Å². The first kappa shape index (κ1) is 14.5. The summed E-state index contributed by atoms with van der Waals surface area (Å²) in [5, 5.41) is 5.40. The van der Waals surface area contributed by atoms with Gasteiger partial charge in [0.05, 0.1) is 34.1 Å². The molecule has 2 rings (SSSR count). The topological polar surface area (TPSA) is 48.8 Å². The van der Waals surface area contributed by atoms with Crippen LogP contribution in [0.3, 0.4) is 0 Å². The number of hydrogen-bond donors (Lipinski definition) is 0. The van der Waals surface area contributed by atoms with Gasteiger partial charge >= 0.3 is 0 Å².